The monoisotopic (exact) mass is 288 g/mol. The third-order valence-electron chi connectivity index (χ3n) is 2.85. The molecule has 0 rings (SSSR count). The van der Waals surface area contributed by atoms with Crippen molar-refractivity contribution in [2.24, 2.45) is 11.8 Å². The molecule has 0 aliphatic rings. The van der Waals surface area contributed by atoms with Gasteiger partial charge < -0.3 is 14.2 Å². The molecular formula is C15H28O5. The van der Waals surface area contributed by atoms with E-state index in [9.17, 15) is 9.59 Å². The summed E-state index contributed by atoms with van der Waals surface area (Å²) in [6.07, 6.45) is 2.83. The van der Waals surface area contributed by atoms with Crippen molar-refractivity contribution in [3.05, 3.63) is 0 Å². The van der Waals surface area contributed by atoms with Crippen LogP contribution in [0.1, 0.15) is 47.0 Å². The van der Waals surface area contributed by atoms with E-state index in [-0.39, 0.29) is 13.2 Å². The van der Waals surface area contributed by atoms with Crippen molar-refractivity contribution in [3.8, 4) is 0 Å². The lowest BCUT2D eigenvalue weighted by molar-refractivity contribution is -0.156. The van der Waals surface area contributed by atoms with Crippen LogP contribution in [-0.4, -0.2) is 38.4 Å². The fourth-order valence-corrected chi connectivity index (χ4v) is 1.33. The molecule has 1 atom stereocenters. The number of carbonyl (C=O) groups is 2. The highest BCUT2D eigenvalue weighted by Gasteiger charge is 2.09. The van der Waals surface area contributed by atoms with Gasteiger partial charge in [0.1, 0.15) is 13.2 Å². The van der Waals surface area contributed by atoms with Gasteiger partial charge in [-0.2, -0.15) is 0 Å². The molecule has 0 heterocycles. The minimum Gasteiger partial charge on any atom is -0.464 e. The highest BCUT2D eigenvalue weighted by Crippen LogP contribution is 2.03. The minimum atomic E-state index is -0.446. The van der Waals surface area contributed by atoms with Gasteiger partial charge in [-0.15, -0.1) is 0 Å². The number of esters is 2. The Bertz CT molecular complexity index is 275. The Labute approximate surface area is 122 Å². The lowest BCUT2D eigenvalue weighted by Gasteiger charge is -2.10. The second-order valence-electron chi connectivity index (χ2n) is 5.45. The van der Waals surface area contributed by atoms with E-state index in [0.717, 1.165) is 19.3 Å². The molecular weight excluding hydrogens is 260 g/mol. The fourth-order valence-electron chi connectivity index (χ4n) is 1.33. The molecule has 0 bridgehead atoms. The maximum atomic E-state index is 11.3. The summed E-state index contributed by atoms with van der Waals surface area (Å²) in [5, 5.41) is 0. The topological polar surface area (TPSA) is 61.8 Å². The molecule has 1 unspecified atom stereocenters. The van der Waals surface area contributed by atoms with Crippen molar-refractivity contribution in [2.45, 2.75) is 47.0 Å². The molecule has 0 N–H and O–H groups in total. The third-order valence-corrected chi connectivity index (χ3v) is 2.85. The molecule has 20 heavy (non-hydrogen) atoms. The van der Waals surface area contributed by atoms with Crippen LogP contribution in [0.3, 0.4) is 0 Å². The number of hydrogen-bond donors (Lipinski definition) is 0. The van der Waals surface area contributed by atoms with E-state index in [0.29, 0.717) is 25.0 Å². The van der Waals surface area contributed by atoms with Gasteiger partial charge in [0.25, 0.3) is 0 Å². The summed E-state index contributed by atoms with van der Waals surface area (Å²) in [7, 11) is 0. The Morgan fingerprint density at radius 3 is 2.15 bits per heavy atom. The van der Waals surface area contributed by atoms with Gasteiger partial charge in [-0.25, -0.2) is 9.59 Å². The highest BCUT2D eigenvalue weighted by atomic mass is 16.6. The third kappa shape index (κ3) is 12.0. The van der Waals surface area contributed by atoms with E-state index in [2.05, 4.69) is 13.8 Å². The first-order chi connectivity index (χ1) is 9.45. The summed E-state index contributed by atoms with van der Waals surface area (Å²) < 4.78 is 14.9. The van der Waals surface area contributed by atoms with Gasteiger partial charge in [-0.05, 0) is 24.7 Å². The first-order valence-corrected chi connectivity index (χ1v) is 7.34. The van der Waals surface area contributed by atoms with Crippen molar-refractivity contribution in [2.75, 3.05) is 26.4 Å². The van der Waals surface area contributed by atoms with E-state index in [1.807, 2.05) is 13.8 Å². The molecule has 0 radical (unpaired) electrons. The van der Waals surface area contributed by atoms with Gasteiger partial charge in [0.05, 0.1) is 13.2 Å². The van der Waals surface area contributed by atoms with Crippen LogP contribution in [0.2, 0.25) is 0 Å². The molecule has 0 aromatic heterocycles. The fraction of sp³-hybridized carbons (Fsp3) is 0.867. The average Bonchev–Trinajstić information content (AvgIpc) is 2.40. The second-order valence-corrected chi connectivity index (χ2v) is 5.45. The van der Waals surface area contributed by atoms with E-state index in [4.69, 9.17) is 14.2 Å². The molecule has 0 saturated carbocycles. The van der Waals surface area contributed by atoms with Crippen LogP contribution in [0, 0.1) is 11.8 Å². The largest absolute Gasteiger partial charge is 0.464 e. The molecule has 0 spiro atoms. The lowest BCUT2D eigenvalue weighted by Crippen LogP contribution is -2.20. The second kappa shape index (κ2) is 11.7. The Hall–Kier alpha value is -1.10. The van der Waals surface area contributed by atoms with Crippen LogP contribution in [0.15, 0.2) is 0 Å². The van der Waals surface area contributed by atoms with Crippen LogP contribution >= 0.6 is 0 Å². The predicted molar refractivity (Wildman–Crippen MR) is 76.3 cm³/mol. The van der Waals surface area contributed by atoms with Crippen LogP contribution in [-0.2, 0) is 23.8 Å². The first-order valence-electron chi connectivity index (χ1n) is 7.34. The van der Waals surface area contributed by atoms with Crippen LogP contribution in [0.25, 0.3) is 0 Å². The van der Waals surface area contributed by atoms with Crippen molar-refractivity contribution in [3.63, 3.8) is 0 Å². The summed E-state index contributed by atoms with van der Waals surface area (Å²) >= 11 is 0. The zero-order chi connectivity index (χ0) is 15.4. The first kappa shape index (κ1) is 18.9. The smallest absolute Gasteiger partial charge is 0.332 e. The molecule has 0 aromatic carbocycles. The molecule has 118 valence electrons. The van der Waals surface area contributed by atoms with E-state index in [1.165, 1.54) is 0 Å². The Morgan fingerprint density at radius 2 is 1.60 bits per heavy atom. The predicted octanol–water partition coefficient (Wildman–Crippen LogP) is 2.57. The minimum absolute atomic E-state index is 0.208. The van der Waals surface area contributed by atoms with Gasteiger partial charge in [-0.1, -0.05) is 34.1 Å². The lowest BCUT2D eigenvalue weighted by atomic mass is 10.1. The molecule has 0 fully saturated rings. The summed E-state index contributed by atoms with van der Waals surface area (Å²) in [5.74, 6) is 0.0523. The van der Waals surface area contributed by atoms with Gasteiger partial charge in [0.15, 0.2) is 0 Å². The number of ether oxygens (including phenoxy) is 3. The Morgan fingerprint density at radius 1 is 1.00 bits per heavy atom. The van der Waals surface area contributed by atoms with Gasteiger partial charge in [0.2, 0.25) is 0 Å². The maximum absolute atomic E-state index is 11.3. The number of carbonyl (C=O) groups excluding carboxylic acids is 2. The van der Waals surface area contributed by atoms with Crippen molar-refractivity contribution in [1.82, 2.24) is 0 Å². The zero-order valence-corrected chi connectivity index (χ0v) is 13.1. The highest BCUT2D eigenvalue weighted by molar-refractivity contribution is 5.73. The summed E-state index contributed by atoms with van der Waals surface area (Å²) in [5.41, 5.74) is 0. The molecule has 5 nitrogen and oxygen atoms in total. The number of hydrogen-bond acceptors (Lipinski definition) is 5. The van der Waals surface area contributed by atoms with E-state index < -0.39 is 11.9 Å². The van der Waals surface area contributed by atoms with Crippen LogP contribution < -0.4 is 0 Å². The molecule has 0 aliphatic carbocycles. The summed E-state index contributed by atoms with van der Waals surface area (Å²) in [6, 6.07) is 0. The Kier molecular flexibility index (Phi) is 11.1. The zero-order valence-electron chi connectivity index (χ0n) is 13.1. The molecule has 5 heteroatoms. The summed E-state index contributed by atoms with van der Waals surface area (Å²) in [4.78, 5) is 22.6. The van der Waals surface area contributed by atoms with Crippen molar-refractivity contribution >= 4 is 11.9 Å². The standard InChI is InChI=1S/C15H28O5/c1-5-13(4)9-20-15(17)11-18-10-14(16)19-8-6-7-12(2)3/h12-13H,5-11H2,1-4H3. The number of rotatable bonds is 11. The maximum Gasteiger partial charge on any atom is 0.332 e. The molecule has 0 amide bonds. The average molecular weight is 288 g/mol. The normalized spacial score (nSPS) is 12.2. The SMILES string of the molecule is CCC(C)COC(=O)COCC(=O)OCCCC(C)C. The quantitative estimate of drug-likeness (QED) is 0.432. The Balaban J connectivity index is 3.48. The molecule has 0 saturated heterocycles. The van der Waals surface area contributed by atoms with Crippen molar-refractivity contribution < 1.29 is 23.8 Å². The van der Waals surface area contributed by atoms with Crippen molar-refractivity contribution in [1.29, 1.82) is 0 Å². The van der Waals surface area contributed by atoms with E-state index >= 15 is 0 Å². The summed E-state index contributed by atoms with van der Waals surface area (Å²) in [6.45, 7) is 8.65. The molecule has 0 aliphatic heterocycles. The van der Waals surface area contributed by atoms with Gasteiger partial charge in [0, 0.05) is 0 Å². The van der Waals surface area contributed by atoms with E-state index in [1.54, 1.807) is 0 Å². The van der Waals surface area contributed by atoms with Gasteiger partial charge >= 0.3 is 11.9 Å². The molecule has 0 aromatic rings. The van der Waals surface area contributed by atoms with Gasteiger partial charge in [-0.3, -0.25) is 0 Å². The van der Waals surface area contributed by atoms with Crippen LogP contribution in [0.4, 0.5) is 0 Å². The van der Waals surface area contributed by atoms with Crippen LogP contribution in [0.5, 0.6) is 0 Å².